The zero-order valence-corrected chi connectivity index (χ0v) is 19.2. The number of rotatable bonds is 5. The molecule has 1 amide bonds. The minimum atomic E-state index is -0.235. The van der Waals surface area contributed by atoms with E-state index in [0.717, 1.165) is 70.1 Å². The monoisotopic (exact) mass is 441 g/mol. The van der Waals surface area contributed by atoms with E-state index in [2.05, 4.69) is 18.3 Å². The van der Waals surface area contributed by atoms with Crippen LogP contribution < -0.4 is 5.32 Å². The first-order valence-corrected chi connectivity index (χ1v) is 12.6. The summed E-state index contributed by atoms with van der Waals surface area (Å²) in [6.07, 6.45) is 8.42. The van der Waals surface area contributed by atoms with E-state index in [1.54, 1.807) is 6.07 Å². The molecule has 4 nitrogen and oxygen atoms in total. The Morgan fingerprint density at radius 2 is 2.03 bits per heavy atom. The van der Waals surface area contributed by atoms with Gasteiger partial charge in [-0.25, -0.2) is 4.39 Å². The maximum Gasteiger partial charge on any atom is 0.220 e. The number of hydrogen-bond donors (Lipinski definition) is 1. The topological polar surface area (TPSA) is 55.4 Å². The second-order valence-corrected chi connectivity index (χ2v) is 10.8. The molecule has 1 heterocycles. The van der Waals surface area contributed by atoms with Gasteiger partial charge in [0, 0.05) is 37.5 Å². The van der Waals surface area contributed by atoms with Gasteiger partial charge in [-0.15, -0.1) is 0 Å². The molecule has 5 atom stereocenters. The van der Waals surface area contributed by atoms with Crippen molar-refractivity contribution in [2.75, 3.05) is 13.2 Å². The predicted molar refractivity (Wildman–Crippen MR) is 121 cm³/mol. The molecular weight excluding hydrogens is 405 g/mol. The summed E-state index contributed by atoms with van der Waals surface area (Å²) in [6, 6.07) is 5.79. The third-order valence-corrected chi connectivity index (χ3v) is 9.13. The molecule has 1 aromatic carbocycles. The molecule has 1 saturated heterocycles. The summed E-state index contributed by atoms with van der Waals surface area (Å²) < 4.78 is 19.8. The van der Waals surface area contributed by atoms with Gasteiger partial charge < -0.3 is 10.1 Å². The van der Waals surface area contributed by atoms with Crippen LogP contribution in [-0.2, 0) is 20.7 Å². The molecular formula is C27H36FNO3. The van der Waals surface area contributed by atoms with E-state index in [1.807, 2.05) is 6.07 Å². The number of benzene rings is 1. The molecule has 3 unspecified atom stereocenters. The van der Waals surface area contributed by atoms with Gasteiger partial charge in [-0.3, -0.25) is 9.59 Å². The molecule has 0 bridgehead atoms. The SMILES string of the molecule is C[C@]12CCC3c4cccc(F)c4CCC3C1[C@H](CCCC(=O)NC1CCOCC1)CC2=O. The van der Waals surface area contributed by atoms with Crippen LogP contribution in [0.3, 0.4) is 0 Å². The zero-order valence-electron chi connectivity index (χ0n) is 19.2. The molecule has 0 aromatic heterocycles. The number of nitrogens with one attached hydrogen (secondary N) is 1. The molecule has 4 aliphatic rings. The van der Waals surface area contributed by atoms with Crippen molar-refractivity contribution in [3.8, 4) is 0 Å². The molecule has 1 N–H and O–H groups in total. The van der Waals surface area contributed by atoms with Crippen molar-refractivity contribution in [3.63, 3.8) is 0 Å². The third-order valence-electron chi connectivity index (χ3n) is 9.13. The van der Waals surface area contributed by atoms with Gasteiger partial charge in [0.1, 0.15) is 11.6 Å². The number of ketones is 1. The predicted octanol–water partition coefficient (Wildman–Crippen LogP) is 4.94. The van der Waals surface area contributed by atoms with Crippen molar-refractivity contribution >= 4 is 11.7 Å². The fourth-order valence-electron chi connectivity index (χ4n) is 7.56. The Kier molecular flexibility index (Phi) is 6.13. The van der Waals surface area contributed by atoms with Crippen LogP contribution >= 0.6 is 0 Å². The number of carbonyl (C=O) groups excluding carboxylic acids is 2. The average Bonchev–Trinajstić information content (AvgIpc) is 3.04. The number of Topliss-reactive ketones (excluding diaryl/α,β-unsaturated/α-hetero) is 1. The van der Waals surface area contributed by atoms with Crippen LogP contribution in [0.2, 0.25) is 0 Å². The van der Waals surface area contributed by atoms with E-state index in [-0.39, 0.29) is 23.2 Å². The van der Waals surface area contributed by atoms with Crippen LogP contribution in [0, 0.1) is 29.0 Å². The van der Waals surface area contributed by atoms with Crippen LogP contribution in [0.1, 0.15) is 81.8 Å². The third kappa shape index (κ3) is 3.91. The number of ether oxygens (including phenoxy) is 1. The first-order chi connectivity index (χ1) is 15.5. The number of hydrogen-bond acceptors (Lipinski definition) is 3. The summed E-state index contributed by atoms with van der Waals surface area (Å²) >= 11 is 0. The lowest BCUT2D eigenvalue weighted by Crippen LogP contribution is -2.44. The highest BCUT2D eigenvalue weighted by Gasteiger charge is 2.58. The van der Waals surface area contributed by atoms with Gasteiger partial charge in [0.05, 0.1) is 0 Å². The highest BCUT2D eigenvalue weighted by molar-refractivity contribution is 5.87. The van der Waals surface area contributed by atoms with Gasteiger partial charge in [0.25, 0.3) is 0 Å². The fraction of sp³-hybridized carbons (Fsp3) is 0.704. The highest BCUT2D eigenvalue weighted by Crippen LogP contribution is 2.62. The standard InChI is InChI=1S/C27H36FNO3/c1-27-13-10-20-19-5-3-6-23(28)21(19)8-9-22(20)26(27)17(16-24(27)30)4-2-7-25(31)29-18-11-14-32-15-12-18/h3,5-6,17-18,20,22,26H,2,4,7-16H2,1H3,(H,29,31)/t17-,20?,22?,26?,27-/m1/s1. The van der Waals surface area contributed by atoms with Gasteiger partial charge in [-0.1, -0.05) is 19.1 Å². The Bertz CT molecular complexity index is 880. The Morgan fingerprint density at radius 1 is 1.22 bits per heavy atom. The molecule has 3 fully saturated rings. The van der Waals surface area contributed by atoms with E-state index in [1.165, 1.54) is 5.56 Å². The smallest absolute Gasteiger partial charge is 0.220 e. The highest BCUT2D eigenvalue weighted by atomic mass is 19.1. The Hall–Kier alpha value is -1.75. The van der Waals surface area contributed by atoms with Crippen molar-refractivity contribution in [1.82, 2.24) is 5.32 Å². The number of halogens is 1. The van der Waals surface area contributed by atoms with E-state index in [4.69, 9.17) is 4.74 Å². The van der Waals surface area contributed by atoms with Crippen LogP contribution in [0.4, 0.5) is 4.39 Å². The lowest BCUT2D eigenvalue weighted by molar-refractivity contribution is -0.129. The van der Waals surface area contributed by atoms with Crippen molar-refractivity contribution in [2.45, 2.75) is 83.1 Å². The van der Waals surface area contributed by atoms with E-state index < -0.39 is 0 Å². The lowest BCUT2D eigenvalue weighted by atomic mass is 9.54. The van der Waals surface area contributed by atoms with Gasteiger partial charge in [0.2, 0.25) is 5.91 Å². The van der Waals surface area contributed by atoms with Crippen LogP contribution in [0.25, 0.3) is 0 Å². The second kappa shape index (κ2) is 8.89. The molecule has 3 aliphatic carbocycles. The summed E-state index contributed by atoms with van der Waals surface area (Å²) in [5.41, 5.74) is 1.86. The molecule has 0 radical (unpaired) electrons. The number of amides is 1. The minimum absolute atomic E-state index is 0.0659. The molecule has 174 valence electrons. The normalized spacial score (nSPS) is 34.5. The van der Waals surface area contributed by atoms with Crippen molar-refractivity contribution < 1.29 is 18.7 Å². The van der Waals surface area contributed by atoms with Crippen molar-refractivity contribution in [1.29, 1.82) is 0 Å². The van der Waals surface area contributed by atoms with Gasteiger partial charge in [-0.05, 0) is 92.2 Å². The molecule has 2 saturated carbocycles. The molecule has 1 aliphatic heterocycles. The van der Waals surface area contributed by atoms with Gasteiger partial charge >= 0.3 is 0 Å². The molecule has 5 rings (SSSR count). The minimum Gasteiger partial charge on any atom is -0.381 e. The number of carbonyl (C=O) groups is 2. The summed E-state index contributed by atoms with van der Waals surface area (Å²) in [7, 11) is 0. The van der Waals surface area contributed by atoms with E-state index in [0.29, 0.717) is 42.3 Å². The maximum atomic E-state index is 14.4. The van der Waals surface area contributed by atoms with Crippen molar-refractivity contribution in [2.24, 2.45) is 23.2 Å². The largest absolute Gasteiger partial charge is 0.381 e. The molecule has 32 heavy (non-hydrogen) atoms. The second-order valence-electron chi connectivity index (χ2n) is 10.8. The van der Waals surface area contributed by atoms with Gasteiger partial charge in [-0.2, -0.15) is 0 Å². The number of fused-ring (bicyclic) bond motifs is 5. The quantitative estimate of drug-likeness (QED) is 0.704. The first-order valence-electron chi connectivity index (χ1n) is 12.6. The Morgan fingerprint density at radius 3 is 2.84 bits per heavy atom. The van der Waals surface area contributed by atoms with Crippen LogP contribution in [-0.4, -0.2) is 30.9 Å². The van der Waals surface area contributed by atoms with Crippen LogP contribution in [0.5, 0.6) is 0 Å². The Balaban J connectivity index is 1.25. The summed E-state index contributed by atoms with van der Waals surface area (Å²) in [5, 5.41) is 3.16. The Labute approximate surface area is 190 Å². The van der Waals surface area contributed by atoms with E-state index in [9.17, 15) is 14.0 Å². The average molecular weight is 442 g/mol. The maximum absolute atomic E-state index is 14.4. The summed E-state index contributed by atoms with van der Waals surface area (Å²) in [4.78, 5) is 25.6. The van der Waals surface area contributed by atoms with Crippen LogP contribution in [0.15, 0.2) is 18.2 Å². The molecule has 5 heteroatoms. The zero-order chi connectivity index (χ0) is 22.3. The first kappa shape index (κ1) is 22.1. The summed E-state index contributed by atoms with van der Waals surface area (Å²) in [6.45, 7) is 3.64. The molecule has 0 spiro atoms. The van der Waals surface area contributed by atoms with Gasteiger partial charge in [0.15, 0.2) is 0 Å². The summed E-state index contributed by atoms with van der Waals surface area (Å²) in [5.74, 6) is 2.03. The lowest BCUT2D eigenvalue weighted by Gasteiger charge is -2.50. The fourth-order valence-corrected chi connectivity index (χ4v) is 7.56. The molecule has 1 aromatic rings. The van der Waals surface area contributed by atoms with Crippen molar-refractivity contribution in [3.05, 3.63) is 35.1 Å². The van der Waals surface area contributed by atoms with E-state index >= 15 is 0 Å².